The summed E-state index contributed by atoms with van der Waals surface area (Å²) in [6, 6.07) is 16.7. The second-order valence-electron chi connectivity index (χ2n) is 7.81. The van der Waals surface area contributed by atoms with Crippen LogP contribution in [-0.4, -0.2) is 48.1 Å². The van der Waals surface area contributed by atoms with E-state index in [0.717, 1.165) is 43.7 Å². The average Bonchev–Trinajstić information content (AvgIpc) is 3.38. The van der Waals surface area contributed by atoms with E-state index in [4.69, 9.17) is 0 Å². The van der Waals surface area contributed by atoms with Gasteiger partial charge in [-0.05, 0) is 68.6 Å². The predicted octanol–water partition coefficient (Wildman–Crippen LogP) is 3.55. The molecule has 5 nitrogen and oxygen atoms in total. The van der Waals surface area contributed by atoms with E-state index >= 15 is 0 Å². The van der Waals surface area contributed by atoms with Crippen LogP contribution in [0.5, 0.6) is 0 Å². The van der Waals surface area contributed by atoms with Crippen molar-refractivity contribution in [3.05, 3.63) is 65.7 Å². The minimum atomic E-state index is -0.959. The molecule has 0 bridgehead atoms. The summed E-state index contributed by atoms with van der Waals surface area (Å²) >= 11 is 0. The molecule has 1 aliphatic heterocycles. The van der Waals surface area contributed by atoms with Gasteiger partial charge in [-0.2, -0.15) is 0 Å². The smallest absolute Gasteiger partial charge is 0.335 e. The summed E-state index contributed by atoms with van der Waals surface area (Å²) in [4.78, 5) is 29.4. The summed E-state index contributed by atoms with van der Waals surface area (Å²) in [7, 11) is 0. The summed E-state index contributed by atoms with van der Waals surface area (Å²) in [6.45, 7) is 3.72. The summed E-state index contributed by atoms with van der Waals surface area (Å²) < 4.78 is 0. The van der Waals surface area contributed by atoms with E-state index in [0.29, 0.717) is 6.54 Å². The van der Waals surface area contributed by atoms with Crippen molar-refractivity contribution < 1.29 is 14.7 Å². The van der Waals surface area contributed by atoms with Gasteiger partial charge in [-0.25, -0.2) is 4.79 Å². The molecular weight excluding hydrogens is 352 g/mol. The third-order valence-corrected chi connectivity index (χ3v) is 5.97. The van der Waals surface area contributed by atoms with Gasteiger partial charge in [-0.3, -0.25) is 4.79 Å². The van der Waals surface area contributed by atoms with E-state index in [1.807, 2.05) is 41.3 Å². The topological polar surface area (TPSA) is 60.9 Å². The first kappa shape index (κ1) is 18.7. The minimum Gasteiger partial charge on any atom is -0.478 e. The van der Waals surface area contributed by atoms with Crippen molar-refractivity contribution in [2.75, 3.05) is 31.1 Å². The van der Waals surface area contributed by atoms with Crippen LogP contribution in [0.4, 0.5) is 5.69 Å². The number of carbonyl (C=O) groups is 2. The van der Waals surface area contributed by atoms with Crippen molar-refractivity contribution in [1.29, 1.82) is 0 Å². The number of hydrogen-bond acceptors (Lipinski definition) is 3. The molecule has 1 heterocycles. The molecule has 28 heavy (non-hydrogen) atoms. The van der Waals surface area contributed by atoms with Crippen LogP contribution in [-0.2, 0) is 10.2 Å². The molecule has 0 spiro atoms. The van der Waals surface area contributed by atoms with Gasteiger partial charge in [0, 0.05) is 18.8 Å². The summed E-state index contributed by atoms with van der Waals surface area (Å²) in [5.74, 6) is -0.875. The molecule has 2 aliphatic rings. The average molecular weight is 378 g/mol. The zero-order valence-corrected chi connectivity index (χ0v) is 16.0. The van der Waals surface area contributed by atoms with Gasteiger partial charge in [0.25, 0.3) is 0 Å². The maximum absolute atomic E-state index is 13.7. The molecule has 1 saturated carbocycles. The van der Waals surface area contributed by atoms with E-state index in [1.54, 1.807) is 18.2 Å². The van der Waals surface area contributed by atoms with Crippen molar-refractivity contribution in [3.8, 4) is 0 Å². The molecule has 4 rings (SSSR count). The second-order valence-corrected chi connectivity index (χ2v) is 7.81. The first-order valence-corrected chi connectivity index (χ1v) is 10.0. The van der Waals surface area contributed by atoms with Crippen LogP contribution in [0, 0.1) is 0 Å². The summed E-state index contributed by atoms with van der Waals surface area (Å²) in [5, 5.41) is 9.33. The number of carboxylic acids is 1. The lowest BCUT2D eigenvalue weighted by molar-refractivity contribution is -0.121. The molecule has 146 valence electrons. The maximum atomic E-state index is 13.7. The Labute approximate surface area is 165 Å². The number of carboxylic acid groups (broad SMARTS) is 1. The van der Waals surface area contributed by atoms with Gasteiger partial charge in [-0.15, -0.1) is 0 Å². The van der Waals surface area contributed by atoms with Gasteiger partial charge in [0.15, 0.2) is 0 Å². The van der Waals surface area contributed by atoms with Gasteiger partial charge in [0.1, 0.15) is 0 Å². The van der Waals surface area contributed by atoms with Crippen molar-refractivity contribution in [1.82, 2.24) is 4.90 Å². The minimum absolute atomic E-state index is 0.0837. The number of hydrogen-bond donors (Lipinski definition) is 1. The quantitative estimate of drug-likeness (QED) is 0.800. The van der Waals surface area contributed by atoms with Crippen LogP contribution < -0.4 is 4.90 Å². The molecule has 0 atom stereocenters. The number of benzene rings is 2. The van der Waals surface area contributed by atoms with E-state index in [2.05, 4.69) is 4.90 Å². The fourth-order valence-corrected chi connectivity index (χ4v) is 4.16. The van der Waals surface area contributed by atoms with Crippen LogP contribution in [0.15, 0.2) is 54.6 Å². The van der Waals surface area contributed by atoms with Gasteiger partial charge < -0.3 is 14.9 Å². The molecule has 2 fully saturated rings. The molecule has 1 amide bonds. The predicted molar refractivity (Wildman–Crippen MR) is 109 cm³/mol. The van der Waals surface area contributed by atoms with Gasteiger partial charge in [0.2, 0.25) is 5.91 Å². The molecule has 1 N–H and O–H groups in total. The van der Waals surface area contributed by atoms with Crippen LogP contribution in [0.25, 0.3) is 0 Å². The lowest BCUT2D eigenvalue weighted by Gasteiger charge is -2.29. The number of para-hydroxylation sites is 1. The molecule has 2 aromatic rings. The molecular formula is C23H26N2O3. The third-order valence-electron chi connectivity index (χ3n) is 5.97. The van der Waals surface area contributed by atoms with Gasteiger partial charge in [-0.1, -0.05) is 30.3 Å². The molecule has 1 aliphatic carbocycles. The Bertz CT molecular complexity index is 855. The van der Waals surface area contributed by atoms with E-state index < -0.39 is 11.4 Å². The Morgan fingerprint density at radius 2 is 1.71 bits per heavy atom. The van der Waals surface area contributed by atoms with E-state index in [-0.39, 0.29) is 11.5 Å². The molecule has 2 aromatic carbocycles. The number of aromatic carboxylic acids is 1. The van der Waals surface area contributed by atoms with Crippen LogP contribution in [0.1, 0.15) is 41.6 Å². The van der Waals surface area contributed by atoms with E-state index in [1.165, 1.54) is 12.8 Å². The molecule has 1 saturated heterocycles. The lowest BCUT2D eigenvalue weighted by atomic mass is 9.92. The highest BCUT2D eigenvalue weighted by Crippen LogP contribution is 2.50. The Morgan fingerprint density at radius 3 is 2.36 bits per heavy atom. The highest BCUT2D eigenvalue weighted by molar-refractivity contribution is 6.03. The fraction of sp³-hybridized carbons (Fsp3) is 0.391. The van der Waals surface area contributed by atoms with Gasteiger partial charge in [0.05, 0.1) is 11.0 Å². The van der Waals surface area contributed by atoms with Gasteiger partial charge >= 0.3 is 5.97 Å². The Hall–Kier alpha value is -2.66. The largest absolute Gasteiger partial charge is 0.478 e. The molecule has 0 unspecified atom stereocenters. The Balaban J connectivity index is 1.61. The number of carbonyl (C=O) groups excluding carboxylic acids is 1. The summed E-state index contributed by atoms with van der Waals surface area (Å²) in [6.07, 6.45) is 3.99. The third kappa shape index (κ3) is 3.67. The lowest BCUT2D eigenvalue weighted by Crippen LogP contribution is -2.43. The maximum Gasteiger partial charge on any atom is 0.335 e. The monoisotopic (exact) mass is 378 g/mol. The molecule has 5 heteroatoms. The second kappa shape index (κ2) is 7.76. The van der Waals surface area contributed by atoms with Crippen LogP contribution in [0.2, 0.25) is 0 Å². The van der Waals surface area contributed by atoms with Crippen molar-refractivity contribution in [3.63, 3.8) is 0 Å². The zero-order chi connectivity index (χ0) is 19.6. The SMILES string of the molecule is O=C(O)c1cccc(C2(C(=O)N(CCN3CCCC3)c3ccccc3)CC2)c1. The highest BCUT2D eigenvalue weighted by Gasteiger charge is 2.53. The fourth-order valence-electron chi connectivity index (χ4n) is 4.16. The number of amides is 1. The zero-order valence-electron chi connectivity index (χ0n) is 16.0. The molecule has 0 radical (unpaired) electrons. The van der Waals surface area contributed by atoms with Crippen molar-refractivity contribution >= 4 is 17.6 Å². The van der Waals surface area contributed by atoms with Crippen LogP contribution in [0.3, 0.4) is 0 Å². The van der Waals surface area contributed by atoms with Crippen molar-refractivity contribution in [2.24, 2.45) is 0 Å². The van der Waals surface area contributed by atoms with Crippen LogP contribution >= 0.6 is 0 Å². The number of nitrogens with zero attached hydrogens (tertiary/aromatic N) is 2. The summed E-state index contributed by atoms with van der Waals surface area (Å²) in [5.41, 5.74) is 1.37. The first-order chi connectivity index (χ1) is 13.6. The first-order valence-electron chi connectivity index (χ1n) is 10.0. The standard InChI is InChI=1S/C23H26N2O3/c26-21(27)18-7-6-8-19(17-18)23(11-12-23)22(28)25(20-9-2-1-3-10-20)16-15-24-13-4-5-14-24/h1-3,6-10,17H,4-5,11-16H2,(H,26,27). The number of likely N-dealkylation sites (tertiary alicyclic amines) is 1. The van der Waals surface area contributed by atoms with E-state index in [9.17, 15) is 14.7 Å². The normalized spacial score (nSPS) is 18.0. The number of rotatable bonds is 7. The molecule has 0 aromatic heterocycles. The Kier molecular flexibility index (Phi) is 5.18. The highest BCUT2D eigenvalue weighted by atomic mass is 16.4. The Morgan fingerprint density at radius 1 is 1.00 bits per heavy atom. The van der Waals surface area contributed by atoms with Crippen molar-refractivity contribution in [2.45, 2.75) is 31.1 Å². The number of anilines is 1.